The Morgan fingerprint density at radius 3 is 2.50 bits per heavy atom. The lowest BCUT2D eigenvalue weighted by molar-refractivity contribution is 0.0667. The van der Waals surface area contributed by atoms with E-state index in [1.807, 2.05) is 42.2 Å². The van der Waals surface area contributed by atoms with Gasteiger partial charge in [0.2, 0.25) is 0 Å². The SMILES string of the molecule is CCNC(=O)N1CCN(C(=O)c2cc(C3CC3)nc3ccccc23)CC1. The van der Waals surface area contributed by atoms with Crippen LogP contribution in [0.3, 0.4) is 0 Å². The summed E-state index contributed by atoms with van der Waals surface area (Å²) in [7, 11) is 0. The number of aromatic nitrogens is 1. The highest BCUT2D eigenvalue weighted by Gasteiger charge is 2.29. The van der Waals surface area contributed by atoms with Crippen LogP contribution in [0.1, 0.15) is 41.7 Å². The summed E-state index contributed by atoms with van der Waals surface area (Å²) in [5, 5.41) is 3.73. The number of carbonyl (C=O) groups excluding carboxylic acids is 2. The highest BCUT2D eigenvalue weighted by atomic mass is 16.2. The van der Waals surface area contributed by atoms with Gasteiger partial charge in [-0.2, -0.15) is 0 Å². The summed E-state index contributed by atoms with van der Waals surface area (Å²) in [5.41, 5.74) is 2.66. The minimum Gasteiger partial charge on any atom is -0.338 e. The average Bonchev–Trinajstić information content (AvgIpc) is 3.52. The highest BCUT2D eigenvalue weighted by Crippen LogP contribution is 2.40. The van der Waals surface area contributed by atoms with Crippen molar-refractivity contribution in [2.75, 3.05) is 32.7 Å². The van der Waals surface area contributed by atoms with Crippen LogP contribution in [-0.2, 0) is 0 Å². The second kappa shape index (κ2) is 6.94. The molecule has 1 aliphatic carbocycles. The smallest absolute Gasteiger partial charge is 0.317 e. The fraction of sp³-hybridized carbons (Fsp3) is 0.450. The van der Waals surface area contributed by atoms with Gasteiger partial charge < -0.3 is 15.1 Å². The molecule has 1 aromatic carbocycles. The van der Waals surface area contributed by atoms with E-state index in [-0.39, 0.29) is 11.9 Å². The molecular weight excluding hydrogens is 328 g/mol. The van der Waals surface area contributed by atoms with E-state index in [9.17, 15) is 9.59 Å². The van der Waals surface area contributed by atoms with Gasteiger partial charge in [-0.1, -0.05) is 18.2 Å². The number of nitrogens with zero attached hydrogens (tertiary/aromatic N) is 3. The predicted octanol–water partition coefficient (Wildman–Crippen LogP) is 2.60. The van der Waals surface area contributed by atoms with Crippen molar-refractivity contribution in [1.82, 2.24) is 20.1 Å². The molecule has 0 radical (unpaired) electrons. The lowest BCUT2D eigenvalue weighted by Crippen LogP contribution is -2.53. The Morgan fingerprint density at radius 1 is 1.12 bits per heavy atom. The van der Waals surface area contributed by atoms with E-state index < -0.39 is 0 Å². The third-order valence-electron chi connectivity index (χ3n) is 5.14. The van der Waals surface area contributed by atoms with Crippen molar-refractivity contribution >= 4 is 22.8 Å². The zero-order valence-corrected chi connectivity index (χ0v) is 15.1. The first kappa shape index (κ1) is 16.8. The van der Waals surface area contributed by atoms with Gasteiger partial charge in [-0.15, -0.1) is 0 Å². The predicted molar refractivity (Wildman–Crippen MR) is 100 cm³/mol. The van der Waals surface area contributed by atoms with Gasteiger partial charge in [0.15, 0.2) is 0 Å². The van der Waals surface area contributed by atoms with Crippen molar-refractivity contribution in [3.8, 4) is 0 Å². The number of para-hydroxylation sites is 1. The minimum absolute atomic E-state index is 0.0426. The number of amides is 3. The molecule has 1 N–H and O–H groups in total. The van der Waals surface area contributed by atoms with E-state index in [1.54, 1.807) is 4.90 Å². The van der Waals surface area contributed by atoms with Gasteiger partial charge in [-0.25, -0.2) is 4.79 Å². The first-order valence-electron chi connectivity index (χ1n) is 9.39. The van der Waals surface area contributed by atoms with Crippen molar-refractivity contribution in [3.05, 3.63) is 41.6 Å². The Morgan fingerprint density at radius 2 is 1.81 bits per heavy atom. The first-order valence-corrected chi connectivity index (χ1v) is 9.39. The van der Waals surface area contributed by atoms with Crippen LogP contribution in [0.2, 0.25) is 0 Å². The van der Waals surface area contributed by atoms with Gasteiger partial charge in [0.25, 0.3) is 5.91 Å². The molecule has 2 aromatic rings. The molecule has 0 atom stereocenters. The summed E-state index contributed by atoms with van der Waals surface area (Å²) < 4.78 is 0. The summed E-state index contributed by atoms with van der Waals surface area (Å²) in [4.78, 5) is 33.5. The summed E-state index contributed by atoms with van der Waals surface area (Å²) in [5.74, 6) is 0.543. The van der Waals surface area contributed by atoms with E-state index in [0.717, 1.165) is 35.0 Å². The number of pyridine rings is 1. The zero-order chi connectivity index (χ0) is 18.1. The van der Waals surface area contributed by atoms with E-state index in [2.05, 4.69) is 5.32 Å². The van der Waals surface area contributed by atoms with Crippen molar-refractivity contribution in [1.29, 1.82) is 0 Å². The fourth-order valence-electron chi connectivity index (χ4n) is 3.51. The molecule has 1 saturated carbocycles. The van der Waals surface area contributed by atoms with Crippen LogP contribution in [0.5, 0.6) is 0 Å². The van der Waals surface area contributed by atoms with Gasteiger partial charge in [0.05, 0.1) is 11.1 Å². The molecule has 3 amide bonds. The summed E-state index contributed by atoms with van der Waals surface area (Å²) >= 11 is 0. The largest absolute Gasteiger partial charge is 0.338 e. The summed E-state index contributed by atoms with van der Waals surface area (Å²) in [6.45, 7) is 4.78. The van der Waals surface area contributed by atoms with Gasteiger partial charge in [-0.05, 0) is 31.9 Å². The number of hydrogen-bond donors (Lipinski definition) is 1. The van der Waals surface area contributed by atoms with Crippen LogP contribution < -0.4 is 5.32 Å². The number of nitrogens with one attached hydrogen (secondary N) is 1. The lowest BCUT2D eigenvalue weighted by atomic mass is 10.0. The highest BCUT2D eigenvalue weighted by molar-refractivity contribution is 6.06. The van der Waals surface area contributed by atoms with E-state index in [0.29, 0.717) is 38.6 Å². The molecule has 2 aliphatic rings. The quantitative estimate of drug-likeness (QED) is 0.923. The molecule has 2 fully saturated rings. The molecule has 1 saturated heterocycles. The Hall–Kier alpha value is -2.63. The van der Waals surface area contributed by atoms with Gasteiger partial charge in [-0.3, -0.25) is 9.78 Å². The molecule has 0 spiro atoms. The monoisotopic (exact) mass is 352 g/mol. The van der Waals surface area contributed by atoms with E-state index in [1.165, 1.54) is 0 Å². The normalized spacial score (nSPS) is 17.4. The Bertz CT molecular complexity index is 839. The van der Waals surface area contributed by atoms with Crippen LogP contribution in [0, 0.1) is 0 Å². The lowest BCUT2D eigenvalue weighted by Gasteiger charge is -2.34. The van der Waals surface area contributed by atoms with E-state index >= 15 is 0 Å². The second-order valence-corrected chi connectivity index (χ2v) is 7.00. The van der Waals surface area contributed by atoms with Crippen LogP contribution in [-0.4, -0.2) is 59.4 Å². The zero-order valence-electron chi connectivity index (χ0n) is 15.1. The van der Waals surface area contributed by atoms with Crippen molar-refractivity contribution in [2.24, 2.45) is 0 Å². The standard InChI is InChI=1S/C20H24N4O2/c1-2-21-20(26)24-11-9-23(10-12-24)19(25)16-13-18(14-7-8-14)22-17-6-4-3-5-15(16)17/h3-6,13-14H,2,7-12H2,1H3,(H,21,26). The third kappa shape index (κ3) is 3.23. The first-order chi connectivity index (χ1) is 12.7. The van der Waals surface area contributed by atoms with Crippen LogP contribution >= 0.6 is 0 Å². The molecule has 1 aromatic heterocycles. The molecule has 4 rings (SSSR count). The maximum atomic E-state index is 13.2. The molecule has 1 aliphatic heterocycles. The number of benzene rings is 1. The van der Waals surface area contributed by atoms with Gasteiger partial charge >= 0.3 is 6.03 Å². The number of rotatable bonds is 3. The van der Waals surface area contributed by atoms with Crippen LogP contribution in [0.15, 0.2) is 30.3 Å². The number of hydrogen-bond acceptors (Lipinski definition) is 3. The number of urea groups is 1. The Labute approximate surface area is 153 Å². The average molecular weight is 352 g/mol. The van der Waals surface area contributed by atoms with Crippen LogP contribution in [0.25, 0.3) is 10.9 Å². The van der Waals surface area contributed by atoms with Gasteiger partial charge in [0, 0.05) is 49.7 Å². The maximum absolute atomic E-state index is 13.2. The fourth-order valence-corrected chi connectivity index (χ4v) is 3.51. The molecular formula is C20H24N4O2. The topological polar surface area (TPSA) is 65.5 Å². The van der Waals surface area contributed by atoms with E-state index in [4.69, 9.17) is 4.98 Å². The molecule has 0 bridgehead atoms. The molecule has 6 heteroatoms. The van der Waals surface area contributed by atoms with Crippen LogP contribution in [0.4, 0.5) is 4.79 Å². The third-order valence-corrected chi connectivity index (χ3v) is 5.14. The van der Waals surface area contributed by atoms with Crippen molar-refractivity contribution < 1.29 is 9.59 Å². The number of fused-ring (bicyclic) bond motifs is 1. The summed E-state index contributed by atoms with van der Waals surface area (Å²) in [6, 6.07) is 9.79. The maximum Gasteiger partial charge on any atom is 0.317 e. The number of piperazine rings is 1. The number of carbonyl (C=O) groups is 2. The molecule has 26 heavy (non-hydrogen) atoms. The Balaban J connectivity index is 1.56. The van der Waals surface area contributed by atoms with Crippen molar-refractivity contribution in [2.45, 2.75) is 25.7 Å². The van der Waals surface area contributed by atoms with Crippen molar-refractivity contribution in [3.63, 3.8) is 0 Å². The Kier molecular flexibility index (Phi) is 4.49. The summed E-state index contributed by atoms with van der Waals surface area (Å²) in [6.07, 6.45) is 2.31. The minimum atomic E-state index is -0.0509. The molecule has 2 heterocycles. The molecule has 6 nitrogen and oxygen atoms in total. The van der Waals surface area contributed by atoms with Gasteiger partial charge in [0.1, 0.15) is 0 Å². The second-order valence-electron chi connectivity index (χ2n) is 7.00. The molecule has 136 valence electrons. The molecule has 0 unspecified atom stereocenters.